The predicted octanol–water partition coefficient (Wildman–Crippen LogP) is 3.02. The quantitative estimate of drug-likeness (QED) is 0.638. The van der Waals surface area contributed by atoms with E-state index >= 15 is 0 Å². The Kier molecular flexibility index (Phi) is 4.80. The molecule has 1 atom stereocenters. The van der Waals surface area contributed by atoms with E-state index in [-0.39, 0.29) is 24.2 Å². The van der Waals surface area contributed by atoms with Gasteiger partial charge in [-0.3, -0.25) is 15.0 Å². The van der Waals surface area contributed by atoms with E-state index in [2.05, 4.69) is 15.7 Å². The number of nitrogens with zero attached hydrogens (tertiary/aromatic N) is 2. The van der Waals surface area contributed by atoms with Gasteiger partial charge in [0.05, 0.1) is 17.3 Å². The first-order chi connectivity index (χ1) is 13.9. The van der Waals surface area contributed by atoms with E-state index in [0.717, 1.165) is 33.8 Å². The largest absolute Gasteiger partial charge is 0.368 e. The van der Waals surface area contributed by atoms with E-state index < -0.39 is 5.92 Å². The number of nitrogen functional groups attached to an aromatic ring is 1. The molecule has 1 aliphatic rings. The number of nitrogens with two attached hydrogens (primary N) is 1. The van der Waals surface area contributed by atoms with Crippen LogP contribution in [0.25, 0.3) is 11.3 Å². The summed E-state index contributed by atoms with van der Waals surface area (Å²) in [6.45, 7) is 4.02. The zero-order valence-electron chi connectivity index (χ0n) is 16.4. The normalized spacial score (nSPS) is 15.5. The average molecular weight is 389 g/mol. The summed E-state index contributed by atoms with van der Waals surface area (Å²) in [7, 11) is 0. The van der Waals surface area contributed by atoms with Crippen molar-refractivity contribution in [3.05, 3.63) is 65.4 Å². The van der Waals surface area contributed by atoms with E-state index in [1.807, 2.05) is 62.4 Å². The molecule has 2 amide bonds. The SMILES string of the molecule is Cc1ccc(NC(=O)C[C@H]2Cc3c(-c4ccccc4)nc(N)n3NC2=O)cc1C. The number of benzene rings is 2. The zero-order chi connectivity index (χ0) is 20.5. The fraction of sp³-hybridized carbons (Fsp3) is 0.227. The van der Waals surface area contributed by atoms with Crippen LogP contribution in [0.1, 0.15) is 23.2 Å². The molecule has 2 heterocycles. The van der Waals surface area contributed by atoms with Gasteiger partial charge in [0.25, 0.3) is 0 Å². The molecule has 0 spiro atoms. The Balaban J connectivity index is 1.53. The predicted molar refractivity (Wildman–Crippen MR) is 113 cm³/mol. The average Bonchev–Trinajstić information content (AvgIpc) is 3.01. The van der Waals surface area contributed by atoms with Gasteiger partial charge < -0.3 is 11.1 Å². The number of rotatable bonds is 4. The number of carbonyl (C=O) groups is 2. The molecule has 2 aromatic carbocycles. The number of aryl methyl sites for hydroxylation is 2. The number of nitrogens with one attached hydrogen (secondary N) is 2. The molecule has 4 N–H and O–H groups in total. The van der Waals surface area contributed by atoms with Crippen LogP contribution in [-0.2, 0) is 16.0 Å². The van der Waals surface area contributed by atoms with E-state index in [0.29, 0.717) is 6.42 Å². The summed E-state index contributed by atoms with van der Waals surface area (Å²) in [4.78, 5) is 29.5. The number of hydrogen-bond acceptors (Lipinski definition) is 4. The zero-order valence-corrected chi connectivity index (χ0v) is 16.4. The second-order valence-corrected chi connectivity index (χ2v) is 7.40. The van der Waals surface area contributed by atoms with E-state index in [4.69, 9.17) is 5.73 Å². The minimum absolute atomic E-state index is 0.0814. The molecule has 0 unspecified atom stereocenters. The molecule has 1 aromatic heterocycles. The van der Waals surface area contributed by atoms with Crippen LogP contribution in [0.15, 0.2) is 48.5 Å². The maximum absolute atomic E-state index is 12.6. The number of hydrogen-bond donors (Lipinski definition) is 3. The maximum atomic E-state index is 12.6. The fourth-order valence-electron chi connectivity index (χ4n) is 3.56. The monoisotopic (exact) mass is 389 g/mol. The third-order valence-corrected chi connectivity index (χ3v) is 5.30. The molecule has 148 valence electrons. The summed E-state index contributed by atoms with van der Waals surface area (Å²) < 4.78 is 1.52. The highest BCUT2D eigenvalue weighted by atomic mass is 16.2. The number of amides is 2. The Bertz CT molecular complexity index is 1090. The van der Waals surface area contributed by atoms with Crippen molar-refractivity contribution < 1.29 is 9.59 Å². The molecular weight excluding hydrogens is 366 g/mol. The second kappa shape index (κ2) is 7.43. The van der Waals surface area contributed by atoms with Crippen molar-refractivity contribution in [3.63, 3.8) is 0 Å². The molecule has 29 heavy (non-hydrogen) atoms. The Morgan fingerprint density at radius 1 is 1.21 bits per heavy atom. The van der Waals surface area contributed by atoms with Crippen molar-refractivity contribution in [3.8, 4) is 11.3 Å². The lowest BCUT2D eigenvalue weighted by atomic mass is 9.94. The molecule has 1 aliphatic heterocycles. The first-order valence-electron chi connectivity index (χ1n) is 9.53. The maximum Gasteiger partial charge on any atom is 0.242 e. The lowest BCUT2D eigenvalue weighted by Gasteiger charge is -2.24. The molecule has 0 bridgehead atoms. The molecule has 0 radical (unpaired) electrons. The van der Waals surface area contributed by atoms with Crippen molar-refractivity contribution in [2.75, 3.05) is 16.5 Å². The first kappa shape index (κ1) is 18.7. The van der Waals surface area contributed by atoms with Crippen LogP contribution < -0.4 is 16.5 Å². The lowest BCUT2D eigenvalue weighted by Crippen LogP contribution is -2.39. The second-order valence-electron chi connectivity index (χ2n) is 7.40. The van der Waals surface area contributed by atoms with E-state index in [1.165, 1.54) is 4.68 Å². The van der Waals surface area contributed by atoms with Gasteiger partial charge in [0.1, 0.15) is 0 Å². The molecule has 0 aliphatic carbocycles. The number of aromatic nitrogens is 2. The minimum atomic E-state index is -0.493. The molecule has 0 saturated heterocycles. The molecular formula is C22H23N5O2. The smallest absolute Gasteiger partial charge is 0.242 e. The fourth-order valence-corrected chi connectivity index (χ4v) is 3.56. The minimum Gasteiger partial charge on any atom is -0.368 e. The van der Waals surface area contributed by atoms with E-state index in [1.54, 1.807) is 0 Å². The molecule has 7 nitrogen and oxygen atoms in total. The van der Waals surface area contributed by atoms with Crippen molar-refractivity contribution in [2.24, 2.45) is 5.92 Å². The number of imidazole rings is 1. The van der Waals surface area contributed by atoms with Gasteiger partial charge >= 0.3 is 0 Å². The number of fused-ring (bicyclic) bond motifs is 1. The van der Waals surface area contributed by atoms with Crippen molar-refractivity contribution >= 4 is 23.5 Å². The van der Waals surface area contributed by atoms with Gasteiger partial charge in [-0.25, -0.2) is 9.66 Å². The Hall–Kier alpha value is -3.61. The van der Waals surface area contributed by atoms with Crippen molar-refractivity contribution in [2.45, 2.75) is 26.7 Å². The summed E-state index contributed by atoms with van der Waals surface area (Å²) in [5.74, 6) is -0.704. The summed E-state index contributed by atoms with van der Waals surface area (Å²) in [6, 6.07) is 15.4. The van der Waals surface area contributed by atoms with Crippen molar-refractivity contribution in [1.82, 2.24) is 9.66 Å². The standard InChI is InChI=1S/C22H23N5O2/c1-13-8-9-17(10-14(13)2)24-19(28)12-16-11-18-20(15-6-4-3-5-7-15)25-22(23)27(18)26-21(16)29/h3-10,16H,11-12H2,1-2H3,(H2,23,25)(H,24,28)(H,26,29)/t16-/m1/s1. The summed E-state index contributed by atoms with van der Waals surface area (Å²) in [5.41, 5.74) is 14.2. The summed E-state index contributed by atoms with van der Waals surface area (Å²) in [6.07, 6.45) is 0.471. The Labute approximate surface area is 168 Å². The van der Waals surface area contributed by atoms with Gasteiger partial charge in [-0.15, -0.1) is 0 Å². The van der Waals surface area contributed by atoms with Crippen molar-refractivity contribution in [1.29, 1.82) is 0 Å². The highest BCUT2D eigenvalue weighted by Gasteiger charge is 2.32. The van der Waals surface area contributed by atoms with Crippen LogP contribution in [0, 0.1) is 19.8 Å². The van der Waals surface area contributed by atoms with Gasteiger partial charge in [0, 0.05) is 24.1 Å². The third-order valence-electron chi connectivity index (χ3n) is 5.30. The Morgan fingerprint density at radius 3 is 2.69 bits per heavy atom. The highest BCUT2D eigenvalue weighted by Crippen LogP contribution is 2.30. The first-order valence-corrected chi connectivity index (χ1v) is 9.53. The van der Waals surface area contributed by atoms with Crippen LogP contribution in [0.5, 0.6) is 0 Å². The Morgan fingerprint density at radius 2 is 1.97 bits per heavy atom. The van der Waals surface area contributed by atoms with Gasteiger partial charge in [-0.1, -0.05) is 36.4 Å². The summed E-state index contributed by atoms with van der Waals surface area (Å²) >= 11 is 0. The summed E-state index contributed by atoms with van der Waals surface area (Å²) in [5, 5.41) is 2.89. The molecule has 7 heteroatoms. The molecule has 0 fully saturated rings. The van der Waals surface area contributed by atoms with Gasteiger partial charge in [0.2, 0.25) is 17.8 Å². The van der Waals surface area contributed by atoms with Crippen LogP contribution >= 0.6 is 0 Å². The number of anilines is 2. The van der Waals surface area contributed by atoms with E-state index in [9.17, 15) is 9.59 Å². The lowest BCUT2D eigenvalue weighted by molar-refractivity contribution is -0.126. The third kappa shape index (κ3) is 3.71. The van der Waals surface area contributed by atoms with Gasteiger partial charge in [-0.2, -0.15) is 0 Å². The van der Waals surface area contributed by atoms with Crippen LogP contribution in [0.2, 0.25) is 0 Å². The van der Waals surface area contributed by atoms with Crippen LogP contribution in [0.3, 0.4) is 0 Å². The molecule has 4 rings (SSSR count). The van der Waals surface area contributed by atoms with Crippen LogP contribution in [-0.4, -0.2) is 21.5 Å². The molecule has 3 aromatic rings. The highest BCUT2D eigenvalue weighted by molar-refractivity contribution is 5.97. The number of carbonyl (C=O) groups excluding carboxylic acids is 2. The molecule has 0 saturated carbocycles. The van der Waals surface area contributed by atoms with Gasteiger partial charge in [0.15, 0.2) is 0 Å². The van der Waals surface area contributed by atoms with Gasteiger partial charge in [-0.05, 0) is 37.1 Å². The topological polar surface area (TPSA) is 102 Å². The van der Waals surface area contributed by atoms with Crippen LogP contribution in [0.4, 0.5) is 11.6 Å².